The Hall–Kier alpha value is -4.37. The molecule has 4 rings (SSSR count). The van der Waals surface area contributed by atoms with Gasteiger partial charge in [0, 0.05) is 59.5 Å². The highest BCUT2D eigenvalue weighted by Crippen LogP contribution is 2.38. The molecule has 1 aromatic carbocycles. The van der Waals surface area contributed by atoms with E-state index in [1.165, 1.54) is 23.9 Å². The summed E-state index contributed by atoms with van der Waals surface area (Å²) in [4.78, 5) is 41.4. The lowest BCUT2D eigenvalue weighted by atomic mass is 10.0. The number of nitrogens with one attached hydrogen (secondary N) is 1. The fraction of sp³-hybridized carbons (Fsp3) is 0.185. The van der Waals surface area contributed by atoms with Gasteiger partial charge in [-0.3, -0.25) is 9.32 Å². The zero-order valence-corrected chi connectivity index (χ0v) is 22.9. The van der Waals surface area contributed by atoms with Crippen LogP contribution in [0.15, 0.2) is 67.1 Å². The van der Waals surface area contributed by atoms with E-state index in [0.717, 1.165) is 0 Å². The van der Waals surface area contributed by atoms with Crippen molar-refractivity contribution in [1.29, 1.82) is 5.26 Å². The number of aromatic nitrogens is 3. The molecular weight excluding hydrogens is 535 g/mol. The highest BCUT2D eigenvalue weighted by atomic mass is 31.2. The van der Waals surface area contributed by atoms with Crippen molar-refractivity contribution < 1.29 is 28.4 Å². The van der Waals surface area contributed by atoms with E-state index in [2.05, 4.69) is 15.3 Å². The Kier molecular flexibility index (Phi) is 8.74. The molecule has 3 heterocycles. The molecular formula is C27H27N6O6P. The predicted octanol–water partition coefficient (Wildman–Crippen LogP) is 3.77. The van der Waals surface area contributed by atoms with Gasteiger partial charge in [0.15, 0.2) is 0 Å². The molecule has 0 aliphatic carbocycles. The molecule has 13 heteroatoms. The summed E-state index contributed by atoms with van der Waals surface area (Å²) >= 11 is 0. The molecule has 0 saturated heterocycles. The summed E-state index contributed by atoms with van der Waals surface area (Å²) in [5.74, 6) is 0.232. The average molecular weight is 563 g/mol. The van der Waals surface area contributed by atoms with Crippen LogP contribution >= 0.6 is 7.82 Å². The number of methoxy groups -OCH3 is 1. The van der Waals surface area contributed by atoms with Crippen LogP contribution in [-0.2, 0) is 20.6 Å². The Morgan fingerprint density at radius 3 is 2.67 bits per heavy atom. The van der Waals surface area contributed by atoms with Crippen LogP contribution in [0.1, 0.15) is 5.69 Å². The number of carbonyl (C=O) groups excluding carboxylic acids is 1. The predicted molar refractivity (Wildman–Crippen MR) is 149 cm³/mol. The molecule has 0 bridgehead atoms. The number of hydrogen-bond donors (Lipinski definition) is 3. The smallest absolute Gasteiger partial charge is 0.471 e. The van der Waals surface area contributed by atoms with Crippen LogP contribution in [0.25, 0.3) is 33.3 Å². The molecule has 3 aromatic heterocycles. The molecule has 0 spiro atoms. The van der Waals surface area contributed by atoms with Crippen molar-refractivity contribution in [2.45, 2.75) is 6.73 Å². The fourth-order valence-corrected chi connectivity index (χ4v) is 4.24. The van der Waals surface area contributed by atoms with Crippen molar-refractivity contribution in [1.82, 2.24) is 19.4 Å². The van der Waals surface area contributed by atoms with Gasteiger partial charge in [-0.2, -0.15) is 5.26 Å². The molecule has 3 N–H and O–H groups in total. The minimum atomic E-state index is -4.74. The fourth-order valence-electron chi connectivity index (χ4n) is 3.96. The number of nitrogens with zero attached hydrogens (tertiary/aromatic N) is 5. The number of ether oxygens (including phenoxy) is 1. The van der Waals surface area contributed by atoms with E-state index in [4.69, 9.17) is 9.26 Å². The Balaban J connectivity index is 1.78. The van der Waals surface area contributed by atoms with Crippen molar-refractivity contribution in [2.24, 2.45) is 0 Å². The second-order valence-electron chi connectivity index (χ2n) is 9.00. The zero-order chi connectivity index (χ0) is 28.9. The molecule has 0 fully saturated rings. The van der Waals surface area contributed by atoms with Crippen LogP contribution in [0.4, 0.5) is 5.69 Å². The Labute approximate surface area is 230 Å². The summed E-state index contributed by atoms with van der Waals surface area (Å²) in [6, 6.07) is 12.5. The van der Waals surface area contributed by atoms with Gasteiger partial charge in [0.2, 0.25) is 5.91 Å². The van der Waals surface area contributed by atoms with Crippen LogP contribution in [0.3, 0.4) is 0 Å². The van der Waals surface area contributed by atoms with Crippen molar-refractivity contribution >= 4 is 30.5 Å². The first-order chi connectivity index (χ1) is 19.1. The monoisotopic (exact) mass is 562 g/mol. The SMILES string of the molecule is COc1cc(NC(=O)/C=C/CN(C)C)cc(-c2cnc3c(c2)c(-c2ccnc(C#N)c2)cn3COP(=O)(O)O)c1. The Bertz CT molecular complexity index is 1670. The van der Waals surface area contributed by atoms with Crippen LogP contribution < -0.4 is 10.1 Å². The number of hydrogen-bond acceptors (Lipinski definition) is 8. The molecule has 1 amide bonds. The molecule has 206 valence electrons. The second kappa shape index (κ2) is 12.2. The summed E-state index contributed by atoms with van der Waals surface area (Å²) in [6.07, 6.45) is 7.97. The van der Waals surface area contributed by atoms with Gasteiger partial charge in [-0.25, -0.2) is 14.5 Å². The Morgan fingerprint density at radius 2 is 1.98 bits per heavy atom. The summed E-state index contributed by atoms with van der Waals surface area (Å²) in [7, 11) is 0.600. The number of likely N-dealkylation sites (N-methyl/N-ethyl adjacent to an activating group) is 1. The number of anilines is 1. The molecule has 0 unspecified atom stereocenters. The standard InChI is InChI=1S/C27H27N6O6P/c1-32(2)8-4-5-26(34)31-21-10-19(11-23(13-21)38-3)20-12-24-25(18-6-7-29-22(9-18)14-28)16-33(27(24)30-15-20)17-39-40(35,36)37/h4-7,9-13,15-16H,8,17H2,1-3H3,(H,31,34)(H2,35,36,37)/b5-4+. The number of amides is 1. The first-order valence-corrected chi connectivity index (χ1v) is 13.5. The lowest BCUT2D eigenvalue weighted by Gasteiger charge is -2.11. The lowest BCUT2D eigenvalue weighted by Crippen LogP contribution is -2.13. The van der Waals surface area contributed by atoms with Gasteiger partial charge < -0.3 is 29.3 Å². The highest BCUT2D eigenvalue weighted by molar-refractivity contribution is 7.46. The summed E-state index contributed by atoms with van der Waals surface area (Å²) in [6.45, 7) is 0.178. The largest absolute Gasteiger partial charge is 0.497 e. The third-order valence-electron chi connectivity index (χ3n) is 5.75. The van der Waals surface area contributed by atoms with Gasteiger partial charge in [0.05, 0.1) is 7.11 Å². The van der Waals surface area contributed by atoms with E-state index in [-0.39, 0.29) is 11.6 Å². The molecule has 0 radical (unpaired) electrons. The van der Waals surface area contributed by atoms with Crippen LogP contribution in [0.2, 0.25) is 0 Å². The van der Waals surface area contributed by atoms with Crippen molar-refractivity contribution in [2.75, 3.05) is 33.1 Å². The topological polar surface area (TPSA) is 163 Å². The van der Waals surface area contributed by atoms with E-state index in [0.29, 0.717) is 51.3 Å². The molecule has 4 aromatic rings. The highest BCUT2D eigenvalue weighted by Gasteiger charge is 2.18. The lowest BCUT2D eigenvalue weighted by molar-refractivity contribution is -0.111. The number of pyridine rings is 2. The molecule has 40 heavy (non-hydrogen) atoms. The number of rotatable bonds is 10. The first kappa shape index (κ1) is 28.6. The quantitative estimate of drug-likeness (QED) is 0.192. The second-order valence-corrected chi connectivity index (χ2v) is 10.2. The summed E-state index contributed by atoms with van der Waals surface area (Å²) in [5.41, 5.74) is 3.85. The zero-order valence-electron chi connectivity index (χ0n) is 22.0. The summed E-state index contributed by atoms with van der Waals surface area (Å²) in [5, 5.41) is 12.8. The molecule has 0 aliphatic heterocycles. The third-order valence-corrected chi connectivity index (χ3v) is 6.20. The van der Waals surface area contributed by atoms with E-state index in [9.17, 15) is 24.4 Å². The summed E-state index contributed by atoms with van der Waals surface area (Å²) < 4.78 is 23.0. The number of fused-ring (bicyclic) bond motifs is 1. The Morgan fingerprint density at radius 1 is 1.18 bits per heavy atom. The van der Waals surface area contributed by atoms with E-state index in [1.54, 1.807) is 48.8 Å². The van der Waals surface area contributed by atoms with Gasteiger partial charge in [-0.15, -0.1) is 0 Å². The minimum Gasteiger partial charge on any atom is -0.497 e. The van der Waals surface area contributed by atoms with Gasteiger partial charge in [-0.1, -0.05) is 6.08 Å². The number of carbonyl (C=O) groups is 1. The van der Waals surface area contributed by atoms with Crippen LogP contribution in [0.5, 0.6) is 5.75 Å². The van der Waals surface area contributed by atoms with Crippen molar-refractivity contribution in [3.05, 3.63) is 72.8 Å². The van der Waals surface area contributed by atoms with Gasteiger partial charge in [0.1, 0.15) is 29.9 Å². The van der Waals surface area contributed by atoms with Crippen LogP contribution in [0, 0.1) is 11.3 Å². The van der Waals surface area contributed by atoms with Crippen molar-refractivity contribution in [3.63, 3.8) is 0 Å². The molecule has 0 aliphatic rings. The van der Waals surface area contributed by atoms with Gasteiger partial charge in [0.25, 0.3) is 0 Å². The van der Waals surface area contributed by atoms with E-state index in [1.807, 2.05) is 31.1 Å². The molecule has 12 nitrogen and oxygen atoms in total. The molecule has 0 atom stereocenters. The number of phosphoric ester groups is 1. The normalized spacial score (nSPS) is 11.7. The number of benzene rings is 1. The molecule has 0 saturated carbocycles. The number of nitriles is 1. The van der Waals surface area contributed by atoms with E-state index < -0.39 is 14.6 Å². The maximum absolute atomic E-state index is 12.4. The average Bonchev–Trinajstić information content (AvgIpc) is 3.29. The maximum atomic E-state index is 12.4. The van der Waals surface area contributed by atoms with Gasteiger partial charge >= 0.3 is 7.82 Å². The third kappa shape index (κ3) is 7.18. The minimum absolute atomic E-state index is 0.210. The number of phosphoric acid groups is 1. The van der Waals surface area contributed by atoms with E-state index >= 15 is 0 Å². The van der Waals surface area contributed by atoms with Crippen LogP contribution in [-0.4, -0.2) is 62.9 Å². The maximum Gasteiger partial charge on any atom is 0.471 e. The van der Waals surface area contributed by atoms with Gasteiger partial charge in [-0.05, 0) is 55.6 Å². The first-order valence-electron chi connectivity index (χ1n) is 11.9. The van der Waals surface area contributed by atoms with Crippen molar-refractivity contribution in [3.8, 4) is 34.1 Å².